The van der Waals surface area contributed by atoms with Crippen molar-refractivity contribution in [1.82, 2.24) is 19.5 Å². The quantitative estimate of drug-likeness (QED) is 0.808. The average molecular weight is 307 g/mol. The molecule has 1 aliphatic heterocycles. The summed E-state index contributed by atoms with van der Waals surface area (Å²) in [5.74, 6) is 2.37. The molecule has 3 heterocycles. The van der Waals surface area contributed by atoms with Gasteiger partial charge in [0, 0.05) is 25.5 Å². The van der Waals surface area contributed by atoms with Crippen LogP contribution in [0, 0.1) is 6.92 Å². The van der Waals surface area contributed by atoms with Crippen molar-refractivity contribution in [3.63, 3.8) is 0 Å². The van der Waals surface area contributed by atoms with Gasteiger partial charge in [0.25, 0.3) is 0 Å². The van der Waals surface area contributed by atoms with Crippen LogP contribution in [0.15, 0.2) is 24.8 Å². The van der Waals surface area contributed by atoms with E-state index in [1.54, 1.807) is 25.5 Å². The Morgan fingerprint density at radius 3 is 2.71 bits per heavy atom. The Balaban J connectivity index is 1.89. The van der Waals surface area contributed by atoms with E-state index in [1.807, 2.05) is 22.6 Å². The van der Waals surface area contributed by atoms with E-state index >= 15 is 0 Å². The minimum absolute atomic E-state index is 0.157. The first-order chi connectivity index (χ1) is 9.97. The van der Waals surface area contributed by atoms with Crippen LogP contribution in [0.2, 0.25) is 0 Å². The molecular formula is C13H17N5O2S. The molecule has 1 aliphatic rings. The van der Waals surface area contributed by atoms with Gasteiger partial charge in [0.05, 0.1) is 23.4 Å². The highest BCUT2D eigenvalue weighted by atomic mass is 32.2. The summed E-state index contributed by atoms with van der Waals surface area (Å²) in [5, 5.41) is -0.383. The van der Waals surface area contributed by atoms with Crippen molar-refractivity contribution >= 4 is 15.7 Å². The molecule has 2 aromatic heterocycles. The van der Waals surface area contributed by atoms with Gasteiger partial charge in [0.15, 0.2) is 15.7 Å². The van der Waals surface area contributed by atoms with Crippen LogP contribution in [0.1, 0.15) is 12.7 Å². The lowest BCUT2D eigenvalue weighted by molar-refractivity contribution is 0.568. The van der Waals surface area contributed by atoms with Crippen molar-refractivity contribution in [2.45, 2.75) is 19.1 Å². The van der Waals surface area contributed by atoms with E-state index in [-0.39, 0.29) is 11.0 Å². The molecule has 1 saturated heterocycles. The second kappa shape index (κ2) is 5.10. The van der Waals surface area contributed by atoms with Gasteiger partial charge in [-0.05, 0) is 13.8 Å². The van der Waals surface area contributed by atoms with Crippen LogP contribution in [-0.4, -0.2) is 52.0 Å². The molecular weight excluding hydrogens is 290 g/mol. The summed E-state index contributed by atoms with van der Waals surface area (Å²) in [6.45, 7) is 4.53. The zero-order valence-electron chi connectivity index (χ0n) is 12.0. The summed E-state index contributed by atoms with van der Waals surface area (Å²) >= 11 is 0. The van der Waals surface area contributed by atoms with E-state index in [0.29, 0.717) is 24.7 Å². The number of anilines is 1. The predicted octanol–water partition coefficient (Wildman–Crippen LogP) is 0.594. The predicted molar refractivity (Wildman–Crippen MR) is 79.4 cm³/mol. The number of aromatic nitrogens is 4. The Hall–Kier alpha value is -1.96. The lowest BCUT2D eigenvalue weighted by atomic mass is 10.4. The molecule has 7 nitrogen and oxygen atoms in total. The highest BCUT2D eigenvalue weighted by Gasteiger charge is 2.30. The Labute approximate surface area is 123 Å². The molecule has 0 N–H and O–H groups in total. The van der Waals surface area contributed by atoms with Crippen LogP contribution in [0.25, 0.3) is 5.82 Å². The van der Waals surface area contributed by atoms with Gasteiger partial charge in [0.2, 0.25) is 0 Å². The maximum absolute atomic E-state index is 11.8. The Kier molecular flexibility index (Phi) is 3.40. The maximum Gasteiger partial charge on any atom is 0.159 e. The van der Waals surface area contributed by atoms with E-state index in [0.717, 1.165) is 5.82 Å². The Morgan fingerprint density at radius 2 is 2.05 bits per heavy atom. The summed E-state index contributed by atoms with van der Waals surface area (Å²) in [6, 6.07) is 0. The Bertz CT molecular complexity index is 755. The summed E-state index contributed by atoms with van der Waals surface area (Å²) in [5.41, 5.74) is 0. The van der Waals surface area contributed by atoms with Crippen LogP contribution in [0.5, 0.6) is 0 Å². The third-order valence-corrected chi connectivity index (χ3v) is 5.87. The van der Waals surface area contributed by atoms with Crippen LogP contribution in [0.4, 0.5) is 5.82 Å². The normalized spacial score (nSPS) is 21.4. The molecule has 112 valence electrons. The molecule has 0 unspecified atom stereocenters. The van der Waals surface area contributed by atoms with Crippen LogP contribution in [0.3, 0.4) is 0 Å². The van der Waals surface area contributed by atoms with Crippen LogP contribution in [-0.2, 0) is 9.84 Å². The largest absolute Gasteiger partial charge is 0.353 e. The van der Waals surface area contributed by atoms with Gasteiger partial charge in [-0.15, -0.1) is 0 Å². The number of aryl methyl sites for hydroxylation is 1. The Morgan fingerprint density at radius 1 is 1.29 bits per heavy atom. The molecule has 2 aromatic rings. The zero-order chi connectivity index (χ0) is 15.0. The number of nitrogens with zero attached hydrogens (tertiary/aromatic N) is 5. The SMILES string of the molecule is Cc1nccn1-c1cncc(N2CCS(=O)(=O)[C@H](C)C2)n1. The number of hydrogen-bond acceptors (Lipinski definition) is 6. The molecule has 21 heavy (non-hydrogen) atoms. The van der Waals surface area contributed by atoms with Crippen LogP contribution < -0.4 is 4.90 Å². The molecule has 0 bridgehead atoms. The first-order valence-corrected chi connectivity index (χ1v) is 8.48. The highest BCUT2D eigenvalue weighted by Crippen LogP contribution is 2.19. The number of rotatable bonds is 2. The first kappa shape index (κ1) is 14.0. The minimum Gasteiger partial charge on any atom is -0.353 e. The van der Waals surface area contributed by atoms with Gasteiger partial charge in [-0.1, -0.05) is 0 Å². The van der Waals surface area contributed by atoms with Gasteiger partial charge in [0.1, 0.15) is 11.6 Å². The van der Waals surface area contributed by atoms with Crippen molar-refractivity contribution in [2.75, 3.05) is 23.7 Å². The topological polar surface area (TPSA) is 81.0 Å². The van der Waals surface area contributed by atoms with Gasteiger partial charge >= 0.3 is 0 Å². The highest BCUT2D eigenvalue weighted by molar-refractivity contribution is 7.92. The third-order valence-electron chi connectivity index (χ3n) is 3.74. The van der Waals surface area contributed by atoms with Gasteiger partial charge in [-0.25, -0.2) is 18.4 Å². The number of sulfone groups is 1. The number of imidazole rings is 1. The molecule has 3 rings (SSSR count). The molecule has 0 radical (unpaired) electrons. The molecule has 0 spiro atoms. The van der Waals surface area contributed by atoms with Crippen LogP contribution >= 0.6 is 0 Å². The molecule has 0 amide bonds. The summed E-state index contributed by atoms with van der Waals surface area (Å²) in [7, 11) is -2.97. The standard InChI is InChI=1S/C13H17N5O2S/c1-10-9-17(5-6-21(10,19)20)12-7-14-8-13(16-12)18-4-3-15-11(18)2/h3-4,7-8,10H,5-6,9H2,1-2H3/t10-/m1/s1. The van der Waals surface area contributed by atoms with Crippen molar-refractivity contribution in [2.24, 2.45) is 0 Å². The third kappa shape index (κ3) is 2.63. The van der Waals surface area contributed by atoms with E-state index in [1.165, 1.54) is 0 Å². The lowest BCUT2D eigenvalue weighted by Gasteiger charge is -2.31. The fourth-order valence-corrected chi connectivity index (χ4v) is 3.68. The van der Waals surface area contributed by atoms with Crippen molar-refractivity contribution < 1.29 is 8.42 Å². The summed E-state index contributed by atoms with van der Waals surface area (Å²) in [4.78, 5) is 14.9. The van der Waals surface area contributed by atoms with E-state index in [2.05, 4.69) is 15.0 Å². The summed E-state index contributed by atoms with van der Waals surface area (Å²) < 4.78 is 25.4. The molecule has 1 atom stereocenters. The molecule has 1 fully saturated rings. The second-order valence-corrected chi connectivity index (χ2v) is 7.74. The minimum atomic E-state index is -2.97. The summed E-state index contributed by atoms with van der Waals surface area (Å²) in [6.07, 6.45) is 6.87. The van der Waals surface area contributed by atoms with E-state index < -0.39 is 9.84 Å². The smallest absolute Gasteiger partial charge is 0.159 e. The van der Waals surface area contributed by atoms with Crippen molar-refractivity contribution in [1.29, 1.82) is 0 Å². The van der Waals surface area contributed by atoms with Crippen molar-refractivity contribution in [3.05, 3.63) is 30.6 Å². The average Bonchev–Trinajstić information content (AvgIpc) is 2.88. The fourth-order valence-electron chi connectivity index (χ4n) is 2.40. The molecule has 8 heteroatoms. The van der Waals surface area contributed by atoms with E-state index in [4.69, 9.17) is 0 Å². The van der Waals surface area contributed by atoms with E-state index in [9.17, 15) is 8.42 Å². The van der Waals surface area contributed by atoms with Gasteiger partial charge in [-0.2, -0.15) is 0 Å². The molecule has 0 aliphatic carbocycles. The zero-order valence-corrected chi connectivity index (χ0v) is 12.8. The van der Waals surface area contributed by atoms with Crippen molar-refractivity contribution in [3.8, 4) is 5.82 Å². The number of hydrogen-bond donors (Lipinski definition) is 0. The molecule has 0 saturated carbocycles. The maximum atomic E-state index is 11.8. The second-order valence-electron chi connectivity index (χ2n) is 5.20. The van der Waals surface area contributed by atoms with Gasteiger partial charge in [-0.3, -0.25) is 9.55 Å². The fraction of sp³-hybridized carbons (Fsp3) is 0.462. The first-order valence-electron chi connectivity index (χ1n) is 6.76. The monoisotopic (exact) mass is 307 g/mol. The van der Waals surface area contributed by atoms with Gasteiger partial charge < -0.3 is 4.90 Å². The lowest BCUT2D eigenvalue weighted by Crippen LogP contribution is -2.46. The molecule has 0 aromatic carbocycles.